The number of carbonyl (C=O) groups excluding carboxylic acids is 2. The van der Waals surface area contributed by atoms with E-state index in [-0.39, 0.29) is 18.1 Å². The molecule has 1 unspecified atom stereocenters. The Morgan fingerprint density at radius 3 is 2.70 bits per heavy atom. The summed E-state index contributed by atoms with van der Waals surface area (Å²) in [5.74, 6) is -3.50. The number of aliphatic hydroxyl groups is 1. The standard InChI is InChI=1S/C19H19F3N4O4/c1-30-13-6-14-17(23-7-13)26(8-16(28)24-14)18(29)25-15(9-27)11-2-4-12(5-3-11)19(21,22)10-20/h2-7,15,27H,8-10H2,1H3,(H,24,28)(H,25,29). The average molecular weight is 424 g/mol. The minimum atomic E-state index is -3.62. The van der Waals surface area contributed by atoms with E-state index in [2.05, 4.69) is 15.6 Å². The summed E-state index contributed by atoms with van der Waals surface area (Å²) in [6.45, 7) is -2.67. The predicted octanol–water partition coefficient (Wildman–Crippen LogP) is 2.35. The van der Waals surface area contributed by atoms with Crippen LogP contribution in [0.15, 0.2) is 36.5 Å². The van der Waals surface area contributed by atoms with Crippen LogP contribution in [0.4, 0.5) is 29.5 Å². The molecule has 0 radical (unpaired) electrons. The van der Waals surface area contributed by atoms with Crippen molar-refractivity contribution in [3.8, 4) is 5.75 Å². The molecule has 0 aliphatic carbocycles. The molecule has 0 fully saturated rings. The van der Waals surface area contributed by atoms with E-state index < -0.39 is 42.7 Å². The summed E-state index contributed by atoms with van der Waals surface area (Å²) in [7, 11) is 1.43. The lowest BCUT2D eigenvalue weighted by Gasteiger charge is -2.30. The summed E-state index contributed by atoms with van der Waals surface area (Å²) >= 11 is 0. The number of ether oxygens (including phenoxy) is 1. The number of carbonyl (C=O) groups is 2. The first-order valence-electron chi connectivity index (χ1n) is 8.86. The summed E-state index contributed by atoms with van der Waals surface area (Å²) in [5, 5.41) is 14.8. The number of halogens is 3. The zero-order valence-corrected chi connectivity index (χ0v) is 15.9. The molecule has 2 heterocycles. The van der Waals surface area contributed by atoms with Crippen LogP contribution in [0, 0.1) is 0 Å². The van der Waals surface area contributed by atoms with E-state index in [9.17, 15) is 27.9 Å². The molecule has 0 saturated heterocycles. The normalized spacial score (nSPS) is 14.6. The SMILES string of the molecule is COc1cnc2c(c1)NC(=O)CN2C(=O)NC(CO)c1ccc(C(F)(F)CF)cc1. The number of amides is 3. The molecule has 0 saturated carbocycles. The Morgan fingerprint density at radius 1 is 1.40 bits per heavy atom. The number of anilines is 2. The van der Waals surface area contributed by atoms with Gasteiger partial charge in [-0.15, -0.1) is 0 Å². The fourth-order valence-corrected chi connectivity index (χ4v) is 2.93. The lowest BCUT2D eigenvalue weighted by molar-refractivity contribution is -0.115. The maximum Gasteiger partial charge on any atom is 0.324 e. The van der Waals surface area contributed by atoms with Gasteiger partial charge in [0.25, 0.3) is 0 Å². The monoisotopic (exact) mass is 424 g/mol. The van der Waals surface area contributed by atoms with Gasteiger partial charge in [-0.3, -0.25) is 9.69 Å². The number of benzene rings is 1. The Morgan fingerprint density at radius 2 is 2.10 bits per heavy atom. The Kier molecular flexibility index (Phi) is 6.11. The van der Waals surface area contributed by atoms with Crippen molar-refractivity contribution in [3.05, 3.63) is 47.7 Å². The highest BCUT2D eigenvalue weighted by molar-refractivity contribution is 6.08. The van der Waals surface area contributed by atoms with Crippen LogP contribution in [0.25, 0.3) is 0 Å². The van der Waals surface area contributed by atoms with Crippen molar-refractivity contribution >= 4 is 23.4 Å². The van der Waals surface area contributed by atoms with Crippen molar-refractivity contribution in [1.29, 1.82) is 0 Å². The molecule has 3 N–H and O–H groups in total. The second-order valence-corrected chi connectivity index (χ2v) is 6.53. The fraction of sp³-hybridized carbons (Fsp3) is 0.316. The molecule has 1 atom stereocenters. The van der Waals surface area contributed by atoms with Gasteiger partial charge in [-0.25, -0.2) is 14.2 Å². The van der Waals surface area contributed by atoms with Crippen LogP contribution >= 0.6 is 0 Å². The fourth-order valence-electron chi connectivity index (χ4n) is 2.93. The summed E-state index contributed by atoms with van der Waals surface area (Å²) in [4.78, 5) is 29.9. The summed E-state index contributed by atoms with van der Waals surface area (Å²) in [5.41, 5.74) is 0.0873. The van der Waals surface area contributed by atoms with Crippen molar-refractivity contribution in [1.82, 2.24) is 10.3 Å². The molecule has 1 aliphatic heterocycles. The van der Waals surface area contributed by atoms with Crippen LogP contribution in [0.1, 0.15) is 17.2 Å². The Labute approximate surface area is 169 Å². The van der Waals surface area contributed by atoms with Gasteiger partial charge in [-0.2, -0.15) is 8.78 Å². The van der Waals surface area contributed by atoms with E-state index in [1.165, 1.54) is 31.5 Å². The first-order chi connectivity index (χ1) is 14.3. The van der Waals surface area contributed by atoms with Crippen molar-refractivity contribution < 1.29 is 32.6 Å². The van der Waals surface area contributed by atoms with E-state index in [0.717, 1.165) is 17.0 Å². The van der Waals surface area contributed by atoms with Crippen LogP contribution in [0.3, 0.4) is 0 Å². The second-order valence-electron chi connectivity index (χ2n) is 6.53. The molecular weight excluding hydrogens is 405 g/mol. The Balaban J connectivity index is 1.80. The number of nitrogens with one attached hydrogen (secondary N) is 2. The van der Waals surface area contributed by atoms with Crippen molar-refractivity contribution in [2.24, 2.45) is 0 Å². The van der Waals surface area contributed by atoms with Gasteiger partial charge in [0, 0.05) is 11.6 Å². The number of urea groups is 1. The zero-order valence-electron chi connectivity index (χ0n) is 15.9. The summed E-state index contributed by atoms with van der Waals surface area (Å²) in [6.07, 6.45) is 1.38. The van der Waals surface area contributed by atoms with Crippen LogP contribution in [-0.4, -0.2) is 49.0 Å². The quantitative estimate of drug-likeness (QED) is 0.661. The smallest absolute Gasteiger partial charge is 0.324 e. The molecule has 0 spiro atoms. The molecule has 1 aromatic carbocycles. The molecule has 3 amide bonds. The molecule has 1 aromatic heterocycles. The Bertz CT molecular complexity index is 940. The number of methoxy groups -OCH3 is 1. The largest absolute Gasteiger partial charge is 0.495 e. The number of hydrogen-bond acceptors (Lipinski definition) is 5. The van der Waals surface area contributed by atoms with Gasteiger partial charge in [0.05, 0.1) is 31.6 Å². The van der Waals surface area contributed by atoms with Gasteiger partial charge >= 0.3 is 12.0 Å². The van der Waals surface area contributed by atoms with E-state index in [0.29, 0.717) is 11.3 Å². The number of aliphatic hydroxyl groups excluding tert-OH is 1. The third-order valence-electron chi connectivity index (χ3n) is 4.54. The maximum absolute atomic E-state index is 13.4. The van der Waals surface area contributed by atoms with Crippen LogP contribution < -0.4 is 20.3 Å². The van der Waals surface area contributed by atoms with Gasteiger partial charge < -0.3 is 20.5 Å². The van der Waals surface area contributed by atoms with Crippen LogP contribution in [0.2, 0.25) is 0 Å². The third kappa shape index (κ3) is 4.30. The predicted molar refractivity (Wildman–Crippen MR) is 101 cm³/mol. The van der Waals surface area contributed by atoms with Crippen molar-refractivity contribution in [2.75, 3.05) is 37.2 Å². The molecule has 160 valence electrons. The topological polar surface area (TPSA) is 104 Å². The number of fused-ring (bicyclic) bond motifs is 1. The van der Waals surface area contributed by atoms with Gasteiger partial charge in [0.1, 0.15) is 12.3 Å². The molecule has 3 rings (SSSR count). The highest BCUT2D eigenvalue weighted by atomic mass is 19.3. The minimum absolute atomic E-state index is 0.183. The molecule has 1 aliphatic rings. The molecule has 11 heteroatoms. The lowest BCUT2D eigenvalue weighted by atomic mass is 10.0. The minimum Gasteiger partial charge on any atom is -0.495 e. The first-order valence-corrected chi connectivity index (χ1v) is 8.86. The second kappa shape index (κ2) is 8.57. The van der Waals surface area contributed by atoms with Crippen LogP contribution in [-0.2, 0) is 10.7 Å². The Hall–Kier alpha value is -3.34. The number of pyridine rings is 1. The lowest BCUT2D eigenvalue weighted by Crippen LogP contribution is -2.49. The molecule has 30 heavy (non-hydrogen) atoms. The zero-order chi connectivity index (χ0) is 21.9. The maximum atomic E-state index is 13.4. The first kappa shape index (κ1) is 21.4. The highest BCUT2D eigenvalue weighted by Gasteiger charge is 2.32. The summed E-state index contributed by atoms with van der Waals surface area (Å²) in [6, 6.07) is 4.42. The van der Waals surface area contributed by atoms with Crippen molar-refractivity contribution in [3.63, 3.8) is 0 Å². The molecule has 8 nitrogen and oxygen atoms in total. The van der Waals surface area contributed by atoms with Gasteiger partial charge in [0.2, 0.25) is 5.91 Å². The highest BCUT2D eigenvalue weighted by Crippen LogP contribution is 2.31. The number of nitrogens with zero attached hydrogens (tertiary/aromatic N) is 2. The van der Waals surface area contributed by atoms with E-state index in [4.69, 9.17) is 4.74 Å². The molecule has 0 bridgehead atoms. The van der Waals surface area contributed by atoms with Gasteiger partial charge in [0.15, 0.2) is 12.5 Å². The van der Waals surface area contributed by atoms with E-state index >= 15 is 0 Å². The van der Waals surface area contributed by atoms with E-state index in [1.807, 2.05) is 0 Å². The number of alkyl halides is 3. The number of rotatable bonds is 6. The van der Waals surface area contributed by atoms with Gasteiger partial charge in [-0.05, 0) is 5.56 Å². The van der Waals surface area contributed by atoms with Crippen molar-refractivity contribution in [2.45, 2.75) is 12.0 Å². The van der Waals surface area contributed by atoms with E-state index in [1.54, 1.807) is 0 Å². The average Bonchev–Trinajstić information content (AvgIpc) is 2.76. The summed E-state index contributed by atoms with van der Waals surface area (Å²) < 4.78 is 44.4. The molecular formula is C19H19F3N4O4. The third-order valence-corrected chi connectivity index (χ3v) is 4.54. The van der Waals surface area contributed by atoms with Crippen LogP contribution in [0.5, 0.6) is 5.75 Å². The number of aromatic nitrogens is 1. The van der Waals surface area contributed by atoms with Gasteiger partial charge in [-0.1, -0.05) is 24.3 Å². The number of hydrogen-bond donors (Lipinski definition) is 3. The molecule has 2 aromatic rings.